The fourth-order valence-corrected chi connectivity index (χ4v) is 3.70. The van der Waals surface area contributed by atoms with E-state index < -0.39 is 5.54 Å². The van der Waals surface area contributed by atoms with E-state index in [2.05, 4.69) is 24.1 Å². The SMILES string of the molecule is CC1(C)C2CNC(=O)C(C)(n3ccnc3)C1C2. The van der Waals surface area contributed by atoms with E-state index in [1.807, 2.05) is 17.7 Å². The molecule has 3 fully saturated rings. The van der Waals surface area contributed by atoms with Crippen molar-refractivity contribution in [3.8, 4) is 0 Å². The normalized spacial score (nSPS) is 39.1. The van der Waals surface area contributed by atoms with Crippen LogP contribution in [0.3, 0.4) is 0 Å². The maximum absolute atomic E-state index is 12.4. The van der Waals surface area contributed by atoms with E-state index in [1.54, 1.807) is 12.5 Å². The maximum atomic E-state index is 12.4. The zero-order valence-corrected chi connectivity index (χ0v) is 10.6. The fraction of sp³-hybridized carbons (Fsp3) is 0.692. The Morgan fingerprint density at radius 3 is 2.82 bits per heavy atom. The molecule has 1 amide bonds. The number of carbonyl (C=O) groups is 1. The molecule has 3 unspecified atom stereocenters. The second-order valence-corrected chi connectivity index (χ2v) is 6.13. The van der Waals surface area contributed by atoms with E-state index >= 15 is 0 Å². The van der Waals surface area contributed by atoms with Gasteiger partial charge in [0.15, 0.2) is 0 Å². The van der Waals surface area contributed by atoms with Crippen LogP contribution in [0, 0.1) is 17.3 Å². The molecule has 1 saturated carbocycles. The standard InChI is InChI=1S/C13H19N3O/c1-12(2)9-6-10(12)13(3,11(17)15-7-9)16-5-4-14-8-16/h4-5,8-10H,6-7H2,1-3H3,(H,15,17). The van der Waals surface area contributed by atoms with Crippen molar-refractivity contribution in [2.45, 2.75) is 32.7 Å². The number of rotatable bonds is 1. The van der Waals surface area contributed by atoms with Crippen LogP contribution in [0.5, 0.6) is 0 Å². The first kappa shape index (κ1) is 10.8. The molecule has 4 heteroatoms. The van der Waals surface area contributed by atoms with Crippen molar-refractivity contribution >= 4 is 5.91 Å². The van der Waals surface area contributed by atoms with Crippen LogP contribution in [0.15, 0.2) is 18.7 Å². The predicted octanol–water partition coefficient (Wildman–Crippen LogP) is 1.39. The molecule has 2 aliphatic heterocycles. The lowest BCUT2D eigenvalue weighted by Crippen LogP contribution is -2.57. The van der Waals surface area contributed by atoms with Crippen LogP contribution in [-0.2, 0) is 10.3 Å². The Bertz CT molecular complexity index is 451. The molecule has 3 heterocycles. The highest BCUT2D eigenvalue weighted by Crippen LogP contribution is 2.58. The molecule has 0 spiro atoms. The largest absolute Gasteiger partial charge is 0.354 e. The van der Waals surface area contributed by atoms with E-state index in [-0.39, 0.29) is 11.3 Å². The molecule has 2 bridgehead atoms. The van der Waals surface area contributed by atoms with Crippen molar-refractivity contribution in [3.05, 3.63) is 18.7 Å². The third kappa shape index (κ3) is 1.18. The minimum atomic E-state index is -0.493. The molecule has 4 nitrogen and oxygen atoms in total. The first-order chi connectivity index (χ1) is 7.97. The molecule has 1 aromatic rings. The van der Waals surface area contributed by atoms with E-state index in [9.17, 15) is 4.79 Å². The highest BCUT2D eigenvalue weighted by Gasteiger charge is 2.61. The minimum Gasteiger partial charge on any atom is -0.354 e. The quantitative estimate of drug-likeness (QED) is 0.796. The van der Waals surface area contributed by atoms with Gasteiger partial charge in [0.2, 0.25) is 5.91 Å². The fourth-order valence-electron chi connectivity index (χ4n) is 3.70. The van der Waals surface area contributed by atoms with Gasteiger partial charge in [0.25, 0.3) is 0 Å². The average Bonchev–Trinajstić information content (AvgIpc) is 2.74. The molecule has 2 saturated heterocycles. The lowest BCUT2D eigenvalue weighted by Gasteiger charge is -2.55. The van der Waals surface area contributed by atoms with Crippen LogP contribution in [0.25, 0.3) is 0 Å². The molecular weight excluding hydrogens is 214 g/mol. The van der Waals surface area contributed by atoms with Gasteiger partial charge in [0, 0.05) is 18.9 Å². The molecule has 0 aromatic carbocycles. The van der Waals surface area contributed by atoms with Gasteiger partial charge in [-0.05, 0) is 30.6 Å². The molecule has 4 rings (SSSR count). The van der Waals surface area contributed by atoms with E-state index in [4.69, 9.17) is 0 Å². The van der Waals surface area contributed by atoms with Crippen LogP contribution >= 0.6 is 0 Å². The number of carbonyl (C=O) groups excluding carboxylic acids is 1. The molecule has 0 radical (unpaired) electrons. The van der Waals surface area contributed by atoms with Crippen molar-refractivity contribution < 1.29 is 4.79 Å². The summed E-state index contributed by atoms with van der Waals surface area (Å²) in [6.45, 7) is 7.41. The Morgan fingerprint density at radius 1 is 1.47 bits per heavy atom. The number of hydrogen-bond acceptors (Lipinski definition) is 2. The van der Waals surface area contributed by atoms with Gasteiger partial charge in [-0.15, -0.1) is 0 Å². The summed E-state index contributed by atoms with van der Waals surface area (Å²) in [5.74, 6) is 1.13. The molecule has 1 N–H and O–H groups in total. The van der Waals surface area contributed by atoms with Crippen LogP contribution < -0.4 is 5.32 Å². The monoisotopic (exact) mass is 233 g/mol. The Balaban J connectivity index is 2.10. The Hall–Kier alpha value is -1.32. The molecule has 3 atom stereocenters. The number of nitrogens with one attached hydrogen (secondary N) is 1. The average molecular weight is 233 g/mol. The van der Waals surface area contributed by atoms with Gasteiger partial charge in [-0.3, -0.25) is 4.79 Å². The number of aromatic nitrogens is 2. The maximum Gasteiger partial charge on any atom is 0.246 e. The Morgan fingerprint density at radius 2 is 2.24 bits per heavy atom. The highest BCUT2D eigenvalue weighted by molar-refractivity contribution is 5.85. The Kier molecular flexibility index (Phi) is 1.98. The van der Waals surface area contributed by atoms with Crippen molar-refractivity contribution in [1.29, 1.82) is 0 Å². The number of imidazole rings is 1. The van der Waals surface area contributed by atoms with Crippen molar-refractivity contribution in [2.24, 2.45) is 17.3 Å². The van der Waals surface area contributed by atoms with Gasteiger partial charge in [0.1, 0.15) is 5.54 Å². The lowest BCUT2D eigenvalue weighted by atomic mass is 9.50. The smallest absolute Gasteiger partial charge is 0.246 e. The zero-order chi connectivity index (χ0) is 12.3. The molecule has 3 aliphatic rings. The van der Waals surface area contributed by atoms with Crippen LogP contribution in [0.2, 0.25) is 0 Å². The lowest BCUT2D eigenvalue weighted by molar-refractivity contribution is -0.138. The summed E-state index contributed by atoms with van der Waals surface area (Å²) in [7, 11) is 0. The predicted molar refractivity (Wildman–Crippen MR) is 64.3 cm³/mol. The van der Waals surface area contributed by atoms with Crippen LogP contribution in [-0.4, -0.2) is 22.0 Å². The van der Waals surface area contributed by atoms with Crippen molar-refractivity contribution in [3.63, 3.8) is 0 Å². The van der Waals surface area contributed by atoms with Gasteiger partial charge in [-0.1, -0.05) is 13.8 Å². The summed E-state index contributed by atoms with van der Waals surface area (Å²) in [5, 5.41) is 3.08. The topological polar surface area (TPSA) is 46.9 Å². The summed E-state index contributed by atoms with van der Waals surface area (Å²) in [4.78, 5) is 16.5. The van der Waals surface area contributed by atoms with E-state index in [0.717, 1.165) is 13.0 Å². The molecule has 1 aliphatic carbocycles. The number of hydrogen-bond donors (Lipinski definition) is 1. The van der Waals surface area contributed by atoms with Gasteiger partial charge in [-0.2, -0.15) is 0 Å². The van der Waals surface area contributed by atoms with Crippen molar-refractivity contribution in [1.82, 2.24) is 14.9 Å². The summed E-state index contributed by atoms with van der Waals surface area (Å²) in [6.07, 6.45) is 6.52. The van der Waals surface area contributed by atoms with Gasteiger partial charge < -0.3 is 9.88 Å². The second kappa shape index (κ2) is 3.12. The Labute approximate surface area is 101 Å². The number of fused-ring (bicyclic) bond motifs is 3. The van der Waals surface area contributed by atoms with Crippen LogP contribution in [0.4, 0.5) is 0 Å². The minimum absolute atomic E-state index is 0.133. The number of nitrogens with zero attached hydrogens (tertiary/aromatic N) is 2. The first-order valence-corrected chi connectivity index (χ1v) is 6.24. The van der Waals surface area contributed by atoms with E-state index in [1.165, 1.54) is 0 Å². The third-order valence-electron chi connectivity index (χ3n) is 5.16. The van der Waals surface area contributed by atoms with Crippen LogP contribution in [0.1, 0.15) is 27.2 Å². The summed E-state index contributed by atoms with van der Waals surface area (Å²) in [5.41, 5.74) is -0.273. The van der Waals surface area contributed by atoms with Gasteiger partial charge in [-0.25, -0.2) is 4.98 Å². The molecular formula is C13H19N3O. The molecule has 1 aromatic heterocycles. The summed E-state index contributed by atoms with van der Waals surface area (Å²) in [6, 6.07) is 0. The zero-order valence-electron chi connectivity index (χ0n) is 10.6. The van der Waals surface area contributed by atoms with Gasteiger partial charge in [0.05, 0.1) is 6.33 Å². The molecule has 17 heavy (non-hydrogen) atoms. The van der Waals surface area contributed by atoms with Crippen molar-refractivity contribution in [2.75, 3.05) is 6.54 Å². The summed E-state index contributed by atoms with van der Waals surface area (Å²) < 4.78 is 1.97. The highest BCUT2D eigenvalue weighted by atomic mass is 16.2. The first-order valence-electron chi connectivity index (χ1n) is 6.24. The second-order valence-electron chi connectivity index (χ2n) is 6.13. The van der Waals surface area contributed by atoms with E-state index in [0.29, 0.717) is 11.8 Å². The summed E-state index contributed by atoms with van der Waals surface area (Å²) >= 11 is 0. The van der Waals surface area contributed by atoms with Gasteiger partial charge >= 0.3 is 0 Å². The molecule has 92 valence electrons. The number of amides is 1. The third-order valence-corrected chi connectivity index (χ3v) is 5.16.